The first-order valence-corrected chi connectivity index (χ1v) is 9.30. The molecule has 0 aromatic heterocycles. The summed E-state index contributed by atoms with van der Waals surface area (Å²) in [5.41, 5.74) is 1.14. The minimum atomic E-state index is -3.50. The molecule has 5 nitrogen and oxygen atoms in total. The summed E-state index contributed by atoms with van der Waals surface area (Å²) >= 11 is 0. The number of hydrogen-bond donors (Lipinski definition) is 1. The molecule has 2 rings (SSSR count). The van der Waals surface area contributed by atoms with Crippen LogP contribution in [0, 0.1) is 5.82 Å². The number of benzene rings is 2. The van der Waals surface area contributed by atoms with E-state index in [1.165, 1.54) is 23.1 Å². The lowest BCUT2D eigenvalue weighted by atomic mass is 10.1. The molecule has 24 heavy (non-hydrogen) atoms. The quantitative estimate of drug-likeness (QED) is 0.871. The molecule has 128 valence electrons. The van der Waals surface area contributed by atoms with Crippen LogP contribution in [0.3, 0.4) is 0 Å². The zero-order chi connectivity index (χ0) is 17.7. The summed E-state index contributed by atoms with van der Waals surface area (Å²) in [6.07, 6.45) is 1.03. The van der Waals surface area contributed by atoms with E-state index < -0.39 is 10.0 Å². The number of para-hydroxylation sites is 1. The Labute approximate surface area is 141 Å². The number of anilines is 1. The van der Waals surface area contributed by atoms with Crippen molar-refractivity contribution in [3.05, 3.63) is 65.5 Å². The molecule has 2 aromatic carbocycles. The van der Waals surface area contributed by atoms with Crippen LogP contribution in [0.4, 0.5) is 10.1 Å². The van der Waals surface area contributed by atoms with Crippen molar-refractivity contribution in [2.75, 3.05) is 17.5 Å². The molecule has 1 N–H and O–H groups in total. The van der Waals surface area contributed by atoms with E-state index in [9.17, 15) is 17.6 Å². The molecule has 2 aromatic rings. The van der Waals surface area contributed by atoms with Crippen LogP contribution < -0.4 is 4.72 Å². The van der Waals surface area contributed by atoms with Crippen LogP contribution in [-0.2, 0) is 16.6 Å². The highest BCUT2D eigenvalue weighted by Gasteiger charge is 2.19. The van der Waals surface area contributed by atoms with Gasteiger partial charge in [-0.25, -0.2) is 12.8 Å². The number of nitrogens with one attached hydrogen (secondary N) is 1. The van der Waals surface area contributed by atoms with Crippen molar-refractivity contribution in [3.63, 3.8) is 0 Å². The molecular weight excluding hydrogens is 331 g/mol. The van der Waals surface area contributed by atoms with E-state index in [-0.39, 0.29) is 29.5 Å². The van der Waals surface area contributed by atoms with E-state index >= 15 is 0 Å². The van der Waals surface area contributed by atoms with Crippen LogP contribution >= 0.6 is 0 Å². The fraction of sp³-hybridized carbons (Fsp3) is 0.235. The van der Waals surface area contributed by atoms with Crippen molar-refractivity contribution >= 4 is 21.6 Å². The maximum atomic E-state index is 13.3. The summed E-state index contributed by atoms with van der Waals surface area (Å²) < 4.78 is 38.6. The standard InChI is InChI=1S/C17H19FN2O3S/c1-3-20(12-13-7-6-8-14(18)11-13)17(21)15-9-4-5-10-16(15)19-24(2,22)23/h4-11,19H,3,12H2,1-2H3. The van der Waals surface area contributed by atoms with E-state index in [2.05, 4.69) is 4.72 Å². The second-order valence-corrected chi connectivity index (χ2v) is 7.12. The molecular formula is C17H19FN2O3S. The Hall–Kier alpha value is -2.41. The number of sulfonamides is 1. The lowest BCUT2D eigenvalue weighted by molar-refractivity contribution is 0.0753. The fourth-order valence-corrected chi connectivity index (χ4v) is 2.89. The van der Waals surface area contributed by atoms with Gasteiger partial charge >= 0.3 is 0 Å². The molecule has 0 saturated carbocycles. The van der Waals surface area contributed by atoms with E-state index in [4.69, 9.17) is 0 Å². The van der Waals surface area contributed by atoms with Gasteiger partial charge < -0.3 is 4.90 Å². The Morgan fingerprint density at radius 3 is 2.50 bits per heavy atom. The molecule has 0 atom stereocenters. The van der Waals surface area contributed by atoms with Crippen molar-refractivity contribution in [1.29, 1.82) is 0 Å². The predicted octanol–water partition coefficient (Wildman–Crippen LogP) is 2.86. The van der Waals surface area contributed by atoms with Crippen LogP contribution in [-0.4, -0.2) is 32.0 Å². The highest BCUT2D eigenvalue weighted by Crippen LogP contribution is 2.19. The van der Waals surface area contributed by atoms with Crippen LogP contribution in [0.25, 0.3) is 0 Å². The average Bonchev–Trinajstić information content (AvgIpc) is 2.51. The first-order valence-electron chi connectivity index (χ1n) is 7.40. The van der Waals surface area contributed by atoms with Gasteiger partial charge in [0.25, 0.3) is 5.91 Å². The Morgan fingerprint density at radius 2 is 1.88 bits per heavy atom. The molecule has 0 saturated heterocycles. The minimum Gasteiger partial charge on any atom is -0.335 e. The first kappa shape index (κ1) is 17.9. The first-order chi connectivity index (χ1) is 11.3. The predicted molar refractivity (Wildman–Crippen MR) is 91.7 cm³/mol. The molecule has 0 spiro atoms. The second kappa shape index (κ2) is 7.44. The van der Waals surface area contributed by atoms with Crippen LogP contribution in [0.2, 0.25) is 0 Å². The molecule has 0 unspecified atom stereocenters. The number of rotatable bonds is 6. The molecule has 0 radical (unpaired) electrons. The van der Waals surface area contributed by atoms with Gasteiger partial charge in [-0.1, -0.05) is 24.3 Å². The zero-order valence-corrected chi connectivity index (χ0v) is 14.3. The highest BCUT2D eigenvalue weighted by atomic mass is 32.2. The lowest BCUT2D eigenvalue weighted by Crippen LogP contribution is -2.31. The summed E-state index contributed by atoms with van der Waals surface area (Å²) in [5.74, 6) is -0.691. The number of nitrogens with zero attached hydrogens (tertiary/aromatic N) is 1. The monoisotopic (exact) mass is 350 g/mol. The Morgan fingerprint density at radius 1 is 1.17 bits per heavy atom. The van der Waals surface area contributed by atoms with E-state index in [1.54, 1.807) is 30.3 Å². The summed E-state index contributed by atoms with van der Waals surface area (Å²) in [6.45, 7) is 2.45. The average molecular weight is 350 g/mol. The second-order valence-electron chi connectivity index (χ2n) is 5.37. The highest BCUT2D eigenvalue weighted by molar-refractivity contribution is 7.92. The van der Waals surface area contributed by atoms with Crippen molar-refractivity contribution in [1.82, 2.24) is 4.90 Å². The Balaban J connectivity index is 2.29. The van der Waals surface area contributed by atoms with Gasteiger partial charge in [0.15, 0.2) is 0 Å². The Bertz CT molecular complexity index is 837. The number of hydrogen-bond acceptors (Lipinski definition) is 3. The van der Waals surface area contributed by atoms with Crippen LogP contribution in [0.1, 0.15) is 22.8 Å². The smallest absolute Gasteiger partial charge is 0.256 e. The molecule has 7 heteroatoms. The third kappa shape index (κ3) is 4.79. The summed E-state index contributed by atoms with van der Waals surface area (Å²) in [6, 6.07) is 12.4. The third-order valence-corrected chi connectivity index (χ3v) is 3.97. The Kier molecular flexibility index (Phi) is 5.56. The van der Waals surface area contributed by atoms with E-state index in [1.807, 2.05) is 6.92 Å². The normalized spacial score (nSPS) is 11.1. The molecule has 0 aliphatic carbocycles. The molecule has 0 bridgehead atoms. The molecule has 0 fully saturated rings. The van der Waals surface area contributed by atoms with Crippen molar-refractivity contribution in [2.45, 2.75) is 13.5 Å². The molecule has 0 aliphatic rings. The number of carbonyl (C=O) groups is 1. The van der Waals surface area contributed by atoms with E-state index in [0.29, 0.717) is 12.1 Å². The van der Waals surface area contributed by atoms with Crippen molar-refractivity contribution < 1.29 is 17.6 Å². The van der Waals surface area contributed by atoms with Gasteiger partial charge in [-0.2, -0.15) is 0 Å². The van der Waals surface area contributed by atoms with Gasteiger partial charge in [0.2, 0.25) is 10.0 Å². The largest absolute Gasteiger partial charge is 0.335 e. The van der Waals surface area contributed by atoms with Gasteiger partial charge in [0.1, 0.15) is 5.82 Å². The molecule has 0 aliphatic heterocycles. The lowest BCUT2D eigenvalue weighted by Gasteiger charge is -2.22. The van der Waals surface area contributed by atoms with Gasteiger partial charge in [-0.15, -0.1) is 0 Å². The fourth-order valence-electron chi connectivity index (χ4n) is 2.31. The summed E-state index contributed by atoms with van der Waals surface area (Å²) in [5, 5.41) is 0. The van der Waals surface area contributed by atoms with Gasteiger partial charge in [-0.3, -0.25) is 9.52 Å². The van der Waals surface area contributed by atoms with Crippen molar-refractivity contribution in [2.24, 2.45) is 0 Å². The van der Waals surface area contributed by atoms with Gasteiger partial charge in [0.05, 0.1) is 17.5 Å². The number of amides is 1. The molecule has 1 amide bonds. The minimum absolute atomic E-state index is 0.225. The van der Waals surface area contributed by atoms with Crippen LogP contribution in [0.5, 0.6) is 0 Å². The SMILES string of the molecule is CCN(Cc1cccc(F)c1)C(=O)c1ccccc1NS(C)(=O)=O. The zero-order valence-electron chi connectivity index (χ0n) is 13.5. The maximum absolute atomic E-state index is 13.3. The summed E-state index contributed by atoms with van der Waals surface area (Å²) in [4.78, 5) is 14.3. The van der Waals surface area contributed by atoms with E-state index in [0.717, 1.165) is 6.26 Å². The van der Waals surface area contributed by atoms with Crippen LogP contribution in [0.15, 0.2) is 48.5 Å². The maximum Gasteiger partial charge on any atom is 0.256 e. The van der Waals surface area contributed by atoms with Crippen molar-refractivity contribution in [3.8, 4) is 0 Å². The van der Waals surface area contributed by atoms with Gasteiger partial charge in [0, 0.05) is 13.1 Å². The number of carbonyl (C=O) groups excluding carboxylic acids is 1. The summed E-state index contributed by atoms with van der Waals surface area (Å²) in [7, 11) is -3.50. The molecule has 0 heterocycles. The number of halogens is 1. The third-order valence-electron chi connectivity index (χ3n) is 3.38. The topological polar surface area (TPSA) is 66.5 Å². The van der Waals surface area contributed by atoms with Gasteiger partial charge in [-0.05, 0) is 36.8 Å².